The summed E-state index contributed by atoms with van der Waals surface area (Å²) >= 11 is 0. The molecule has 1 aromatic heterocycles. The van der Waals surface area contributed by atoms with Crippen molar-refractivity contribution >= 4 is 0 Å². The molecule has 1 aromatic rings. The van der Waals surface area contributed by atoms with E-state index in [2.05, 4.69) is 44.9 Å². The number of rotatable bonds is 3. The minimum atomic E-state index is 0.0690. The Kier molecular flexibility index (Phi) is 3.32. The smallest absolute Gasteiger partial charge is 0.208 e. The van der Waals surface area contributed by atoms with E-state index in [1.807, 2.05) is 0 Å². The van der Waals surface area contributed by atoms with Gasteiger partial charge in [-0.3, -0.25) is 0 Å². The van der Waals surface area contributed by atoms with E-state index in [4.69, 9.17) is 4.42 Å². The standard InChI is InChI=1S/C11H20N2O/c1-8(2)12-6-10-13-9(7-14-10)11(3,4)5/h7-8,12H,6H2,1-5H3. The maximum absolute atomic E-state index is 5.37. The Hall–Kier alpha value is -0.830. The van der Waals surface area contributed by atoms with Crippen LogP contribution in [0.25, 0.3) is 0 Å². The number of nitrogens with one attached hydrogen (secondary N) is 1. The molecule has 0 aliphatic carbocycles. The summed E-state index contributed by atoms with van der Waals surface area (Å²) < 4.78 is 5.37. The fourth-order valence-electron chi connectivity index (χ4n) is 1.03. The second-order valence-electron chi connectivity index (χ2n) is 4.91. The van der Waals surface area contributed by atoms with Gasteiger partial charge in [0, 0.05) is 11.5 Å². The minimum Gasteiger partial charge on any atom is -0.447 e. The summed E-state index contributed by atoms with van der Waals surface area (Å²) in [7, 11) is 0. The Bertz CT molecular complexity index is 284. The van der Waals surface area contributed by atoms with E-state index < -0.39 is 0 Å². The monoisotopic (exact) mass is 196 g/mol. The summed E-state index contributed by atoms with van der Waals surface area (Å²) in [6.07, 6.45) is 1.75. The van der Waals surface area contributed by atoms with Crippen molar-refractivity contribution < 1.29 is 4.42 Å². The molecular weight excluding hydrogens is 176 g/mol. The van der Waals surface area contributed by atoms with Crippen LogP contribution in [0.2, 0.25) is 0 Å². The molecule has 0 amide bonds. The van der Waals surface area contributed by atoms with Crippen LogP contribution in [0.5, 0.6) is 0 Å². The molecule has 0 radical (unpaired) electrons. The molecule has 0 spiro atoms. The summed E-state index contributed by atoms with van der Waals surface area (Å²) in [4.78, 5) is 4.42. The predicted octanol–water partition coefficient (Wildman–Crippen LogP) is 2.47. The molecule has 0 unspecified atom stereocenters. The first kappa shape index (κ1) is 11.2. The molecule has 0 aromatic carbocycles. The summed E-state index contributed by atoms with van der Waals surface area (Å²) in [6, 6.07) is 0.458. The van der Waals surface area contributed by atoms with E-state index in [1.165, 1.54) is 0 Å². The minimum absolute atomic E-state index is 0.0690. The van der Waals surface area contributed by atoms with Gasteiger partial charge in [0.25, 0.3) is 0 Å². The molecule has 3 heteroatoms. The average molecular weight is 196 g/mol. The quantitative estimate of drug-likeness (QED) is 0.807. The van der Waals surface area contributed by atoms with Gasteiger partial charge in [-0.25, -0.2) is 4.98 Å². The molecule has 1 N–H and O–H groups in total. The first-order valence-corrected chi connectivity index (χ1v) is 5.08. The average Bonchev–Trinajstić information content (AvgIpc) is 2.47. The Morgan fingerprint density at radius 3 is 2.50 bits per heavy atom. The fourth-order valence-corrected chi connectivity index (χ4v) is 1.03. The summed E-state index contributed by atoms with van der Waals surface area (Å²) in [5.74, 6) is 0.767. The summed E-state index contributed by atoms with van der Waals surface area (Å²) in [6.45, 7) is 11.3. The molecule has 0 fully saturated rings. The maximum Gasteiger partial charge on any atom is 0.208 e. The summed E-state index contributed by atoms with van der Waals surface area (Å²) in [5, 5.41) is 3.27. The maximum atomic E-state index is 5.37. The normalized spacial score (nSPS) is 12.4. The van der Waals surface area contributed by atoms with Gasteiger partial charge in [-0.1, -0.05) is 34.6 Å². The Morgan fingerprint density at radius 1 is 1.43 bits per heavy atom. The predicted molar refractivity (Wildman–Crippen MR) is 57.2 cm³/mol. The third-order valence-electron chi connectivity index (χ3n) is 1.98. The van der Waals surface area contributed by atoms with Gasteiger partial charge in [-0.15, -0.1) is 0 Å². The van der Waals surface area contributed by atoms with Gasteiger partial charge in [0.05, 0.1) is 12.2 Å². The highest BCUT2D eigenvalue weighted by Gasteiger charge is 2.18. The Labute approximate surface area is 85.9 Å². The van der Waals surface area contributed by atoms with Crippen molar-refractivity contribution in [3.05, 3.63) is 17.8 Å². The molecule has 0 bridgehead atoms. The van der Waals surface area contributed by atoms with Crippen LogP contribution in [0.15, 0.2) is 10.7 Å². The molecule has 1 heterocycles. The molecular formula is C11H20N2O. The zero-order valence-corrected chi connectivity index (χ0v) is 9.72. The SMILES string of the molecule is CC(C)NCc1nc(C(C)(C)C)co1. The third-order valence-corrected chi connectivity index (χ3v) is 1.98. The van der Waals surface area contributed by atoms with E-state index in [1.54, 1.807) is 6.26 Å². The molecule has 3 nitrogen and oxygen atoms in total. The van der Waals surface area contributed by atoms with Crippen molar-refractivity contribution in [3.63, 3.8) is 0 Å². The van der Waals surface area contributed by atoms with Crippen LogP contribution in [0.3, 0.4) is 0 Å². The van der Waals surface area contributed by atoms with Crippen LogP contribution in [0.1, 0.15) is 46.2 Å². The number of aromatic nitrogens is 1. The molecule has 0 saturated carbocycles. The number of hydrogen-bond acceptors (Lipinski definition) is 3. The number of nitrogens with zero attached hydrogens (tertiary/aromatic N) is 1. The lowest BCUT2D eigenvalue weighted by atomic mass is 9.93. The molecule has 0 aliphatic rings. The largest absolute Gasteiger partial charge is 0.447 e. The fraction of sp³-hybridized carbons (Fsp3) is 0.727. The van der Waals surface area contributed by atoms with Crippen LogP contribution < -0.4 is 5.32 Å². The van der Waals surface area contributed by atoms with Gasteiger partial charge in [0.15, 0.2) is 0 Å². The van der Waals surface area contributed by atoms with E-state index in [0.29, 0.717) is 12.6 Å². The van der Waals surface area contributed by atoms with Crippen LogP contribution in [-0.2, 0) is 12.0 Å². The van der Waals surface area contributed by atoms with Gasteiger partial charge < -0.3 is 9.73 Å². The van der Waals surface area contributed by atoms with Crippen LogP contribution in [-0.4, -0.2) is 11.0 Å². The highest BCUT2D eigenvalue weighted by Crippen LogP contribution is 2.20. The first-order valence-electron chi connectivity index (χ1n) is 5.08. The number of hydrogen-bond donors (Lipinski definition) is 1. The van der Waals surface area contributed by atoms with Crippen LogP contribution in [0.4, 0.5) is 0 Å². The van der Waals surface area contributed by atoms with Crippen molar-refractivity contribution in [2.45, 2.75) is 52.6 Å². The molecule has 0 aliphatic heterocycles. The lowest BCUT2D eigenvalue weighted by Gasteiger charge is -2.13. The highest BCUT2D eigenvalue weighted by atomic mass is 16.3. The summed E-state index contributed by atoms with van der Waals surface area (Å²) in [5.41, 5.74) is 1.08. The second kappa shape index (κ2) is 4.13. The van der Waals surface area contributed by atoms with Crippen LogP contribution >= 0.6 is 0 Å². The molecule has 80 valence electrons. The van der Waals surface area contributed by atoms with E-state index >= 15 is 0 Å². The lowest BCUT2D eigenvalue weighted by Crippen LogP contribution is -2.22. The van der Waals surface area contributed by atoms with Crippen LogP contribution in [0, 0.1) is 0 Å². The molecule has 14 heavy (non-hydrogen) atoms. The number of oxazole rings is 1. The lowest BCUT2D eigenvalue weighted by molar-refractivity contribution is 0.450. The molecule has 1 rings (SSSR count). The van der Waals surface area contributed by atoms with Crippen molar-refractivity contribution in [2.75, 3.05) is 0 Å². The third kappa shape index (κ3) is 3.14. The molecule has 0 saturated heterocycles. The first-order chi connectivity index (χ1) is 6.39. The molecule has 0 atom stereocenters. The zero-order chi connectivity index (χ0) is 10.8. The van der Waals surface area contributed by atoms with Gasteiger partial charge in [-0.2, -0.15) is 0 Å². The van der Waals surface area contributed by atoms with Gasteiger partial charge >= 0.3 is 0 Å². The van der Waals surface area contributed by atoms with E-state index in [0.717, 1.165) is 11.6 Å². The topological polar surface area (TPSA) is 38.1 Å². The van der Waals surface area contributed by atoms with E-state index in [-0.39, 0.29) is 5.41 Å². The zero-order valence-electron chi connectivity index (χ0n) is 9.72. The Balaban J connectivity index is 2.60. The van der Waals surface area contributed by atoms with Crippen molar-refractivity contribution in [1.82, 2.24) is 10.3 Å². The van der Waals surface area contributed by atoms with Crippen molar-refractivity contribution in [1.29, 1.82) is 0 Å². The van der Waals surface area contributed by atoms with Crippen molar-refractivity contribution in [3.8, 4) is 0 Å². The van der Waals surface area contributed by atoms with Gasteiger partial charge in [0.2, 0.25) is 5.89 Å². The highest BCUT2D eigenvalue weighted by molar-refractivity contribution is 5.08. The van der Waals surface area contributed by atoms with Crippen molar-refractivity contribution in [2.24, 2.45) is 0 Å². The second-order valence-corrected chi connectivity index (χ2v) is 4.91. The van der Waals surface area contributed by atoms with E-state index in [9.17, 15) is 0 Å². The van der Waals surface area contributed by atoms with Gasteiger partial charge in [0.1, 0.15) is 6.26 Å². The Morgan fingerprint density at radius 2 is 2.07 bits per heavy atom. The van der Waals surface area contributed by atoms with Gasteiger partial charge in [-0.05, 0) is 0 Å².